The number of rotatable bonds is 9. The minimum absolute atomic E-state index is 0.162. The number of nitrogens with two attached hydrogens (primary N) is 1. The molecular formula is C18H24ClN3O4. The van der Waals surface area contributed by atoms with Gasteiger partial charge in [0.05, 0.1) is 12.5 Å². The van der Waals surface area contributed by atoms with E-state index in [1.807, 2.05) is 13.8 Å². The van der Waals surface area contributed by atoms with Crippen molar-refractivity contribution in [3.05, 3.63) is 47.0 Å². The van der Waals surface area contributed by atoms with Gasteiger partial charge in [-0.2, -0.15) is 0 Å². The number of amides is 3. The van der Waals surface area contributed by atoms with Crippen LogP contribution in [0.3, 0.4) is 0 Å². The number of carbonyl (C=O) groups is 3. The SMILES string of the molecule is C=C(C)CN(CC)C(=O)COC(=O)C[C@@H](NC(N)=O)c1ccc(Cl)cc1. The fourth-order valence-corrected chi connectivity index (χ4v) is 2.41. The lowest BCUT2D eigenvalue weighted by atomic mass is 10.0. The van der Waals surface area contributed by atoms with E-state index in [1.165, 1.54) is 4.90 Å². The highest BCUT2D eigenvalue weighted by Crippen LogP contribution is 2.20. The Hall–Kier alpha value is -2.54. The molecule has 0 bridgehead atoms. The molecule has 0 heterocycles. The summed E-state index contributed by atoms with van der Waals surface area (Å²) in [6, 6.07) is 5.17. The molecule has 1 aromatic carbocycles. The minimum atomic E-state index is -0.771. The Balaban J connectivity index is 2.66. The van der Waals surface area contributed by atoms with E-state index in [-0.39, 0.29) is 18.9 Å². The van der Waals surface area contributed by atoms with E-state index in [9.17, 15) is 14.4 Å². The van der Waals surface area contributed by atoms with E-state index >= 15 is 0 Å². The first-order chi connectivity index (χ1) is 12.2. The van der Waals surface area contributed by atoms with Crippen molar-refractivity contribution in [3.8, 4) is 0 Å². The third-order valence-corrected chi connectivity index (χ3v) is 3.76. The van der Waals surface area contributed by atoms with Crippen LogP contribution in [-0.4, -0.2) is 42.5 Å². The number of ether oxygens (including phenoxy) is 1. The maximum Gasteiger partial charge on any atom is 0.312 e. The molecule has 0 saturated heterocycles. The van der Waals surface area contributed by atoms with Crippen molar-refractivity contribution in [1.29, 1.82) is 0 Å². The first kappa shape index (κ1) is 21.5. The molecule has 0 unspecified atom stereocenters. The van der Waals surface area contributed by atoms with Crippen LogP contribution < -0.4 is 11.1 Å². The fraction of sp³-hybridized carbons (Fsp3) is 0.389. The smallest absolute Gasteiger partial charge is 0.312 e. The Morgan fingerprint density at radius 2 is 1.92 bits per heavy atom. The van der Waals surface area contributed by atoms with Crippen LogP contribution in [0.1, 0.15) is 31.9 Å². The first-order valence-electron chi connectivity index (χ1n) is 8.12. The van der Waals surface area contributed by atoms with Gasteiger partial charge in [0.15, 0.2) is 6.61 Å². The molecule has 0 fully saturated rings. The second kappa shape index (κ2) is 10.5. The van der Waals surface area contributed by atoms with Crippen molar-refractivity contribution < 1.29 is 19.1 Å². The Kier molecular flexibility index (Phi) is 8.64. The molecule has 3 amide bonds. The van der Waals surface area contributed by atoms with E-state index in [1.54, 1.807) is 24.3 Å². The molecule has 0 radical (unpaired) electrons. The van der Waals surface area contributed by atoms with Gasteiger partial charge in [-0.05, 0) is 31.5 Å². The van der Waals surface area contributed by atoms with Gasteiger partial charge in [-0.15, -0.1) is 0 Å². The minimum Gasteiger partial charge on any atom is -0.455 e. The number of nitrogens with zero attached hydrogens (tertiary/aromatic N) is 1. The van der Waals surface area contributed by atoms with E-state index in [0.29, 0.717) is 23.7 Å². The Morgan fingerprint density at radius 3 is 2.42 bits per heavy atom. The summed E-state index contributed by atoms with van der Waals surface area (Å²) in [5.41, 5.74) is 6.65. The fourth-order valence-electron chi connectivity index (χ4n) is 2.28. The summed E-state index contributed by atoms with van der Waals surface area (Å²) in [6.45, 7) is 7.93. The monoisotopic (exact) mass is 381 g/mol. The molecule has 142 valence electrons. The van der Waals surface area contributed by atoms with Crippen LogP contribution >= 0.6 is 11.6 Å². The normalized spacial score (nSPS) is 11.3. The van der Waals surface area contributed by atoms with Crippen LogP contribution in [0.25, 0.3) is 0 Å². The molecular weight excluding hydrogens is 358 g/mol. The predicted octanol–water partition coefficient (Wildman–Crippen LogP) is 2.41. The average molecular weight is 382 g/mol. The molecule has 8 heteroatoms. The van der Waals surface area contributed by atoms with E-state index in [0.717, 1.165) is 5.57 Å². The largest absolute Gasteiger partial charge is 0.455 e. The van der Waals surface area contributed by atoms with Gasteiger partial charge in [0, 0.05) is 18.1 Å². The zero-order valence-electron chi connectivity index (χ0n) is 15.0. The molecule has 0 aromatic heterocycles. The maximum absolute atomic E-state index is 12.1. The number of esters is 1. The zero-order valence-corrected chi connectivity index (χ0v) is 15.7. The number of urea groups is 1. The van der Waals surface area contributed by atoms with Gasteiger partial charge in [-0.25, -0.2) is 4.79 Å². The highest BCUT2D eigenvalue weighted by Gasteiger charge is 2.20. The summed E-state index contributed by atoms with van der Waals surface area (Å²) in [7, 11) is 0. The first-order valence-corrected chi connectivity index (χ1v) is 8.50. The van der Waals surface area contributed by atoms with E-state index in [2.05, 4.69) is 11.9 Å². The van der Waals surface area contributed by atoms with Crippen LogP contribution in [0, 0.1) is 0 Å². The van der Waals surface area contributed by atoms with Crippen molar-refractivity contribution in [1.82, 2.24) is 10.2 Å². The van der Waals surface area contributed by atoms with Crippen LogP contribution in [0.2, 0.25) is 5.02 Å². The Bertz CT molecular complexity index is 661. The van der Waals surface area contributed by atoms with Gasteiger partial charge < -0.3 is 20.7 Å². The lowest BCUT2D eigenvalue weighted by Crippen LogP contribution is -2.37. The number of nitrogens with one attached hydrogen (secondary N) is 1. The second-order valence-electron chi connectivity index (χ2n) is 5.84. The standard InChI is InChI=1S/C18H24ClN3O4/c1-4-22(10-12(2)3)16(23)11-26-17(24)9-15(21-18(20)25)13-5-7-14(19)8-6-13/h5-8,15H,2,4,9-11H2,1,3H3,(H3,20,21,25)/t15-/m1/s1. The highest BCUT2D eigenvalue weighted by molar-refractivity contribution is 6.30. The molecule has 0 aliphatic heterocycles. The molecule has 0 saturated carbocycles. The zero-order chi connectivity index (χ0) is 19.7. The van der Waals surface area contributed by atoms with Crippen LogP contribution in [0.4, 0.5) is 4.79 Å². The number of primary amides is 1. The van der Waals surface area contributed by atoms with Gasteiger partial charge in [-0.3, -0.25) is 9.59 Å². The van der Waals surface area contributed by atoms with E-state index < -0.39 is 18.0 Å². The average Bonchev–Trinajstić information content (AvgIpc) is 2.57. The summed E-state index contributed by atoms with van der Waals surface area (Å²) in [5, 5.41) is 3.01. The Labute approximate surface area is 158 Å². The van der Waals surface area contributed by atoms with Gasteiger partial charge >= 0.3 is 12.0 Å². The molecule has 3 N–H and O–H groups in total. The summed E-state index contributed by atoms with van der Waals surface area (Å²) in [5.74, 6) is -0.937. The van der Waals surface area contributed by atoms with Gasteiger partial charge in [0.1, 0.15) is 0 Å². The third kappa shape index (κ3) is 7.57. The lowest BCUT2D eigenvalue weighted by Gasteiger charge is -2.21. The summed E-state index contributed by atoms with van der Waals surface area (Å²) in [6.07, 6.45) is -0.162. The van der Waals surface area contributed by atoms with Crippen molar-refractivity contribution >= 4 is 29.5 Å². The molecule has 1 atom stereocenters. The highest BCUT2D eigenvalue weighted by atomic mass is 35.5. The predicted molar refractivity (Wildman–Crippen MR) is 99.6 cm³/mol. The van der Waals surface area contributed by atoms with Crippen LogP contribution in [-0.2, 0) is 14.3 Å². The van der Waals surface area contributed by atoms with Crippen molar-refractivity contribution in [2.45, 2.75) is 26.3 Å². The van der Waals surface area contributed by atoms with Gasteiger partial charge in [-0.1, -0.05) is 35.9 Å². The second-order valence-corrected chi connectivity index (χ2v) is 6.28. The number of carbonyl (C=O) groups excluding carboxylic acids is 3. The molecule has 1 rings (SSSR count). The van der Waals surface area contributed by atoms with Gasteiger partial charge in [0.25, 0.3) is 5.91 Å². The molecule has 0 aliphatic carbocycles. The van der Waals surface area contributed by atoms with Crippen molar-refractivity contribution in [3.63, 3.8) is 0 Å². The number of benzene rings is 1. The van der Waals surface area contributed by atoms with Crippen LogP contribution in [0.5, 0.6) is 0 Å². The summed E-state index contributed by atoms with van der Waals surface area (Å²) < 4.78 is 5.05. The molecule has 26 heavy (non-hydrogen) atoms. The van der Waals surface area contributed by atoms with Crippen molar-refractivity contribution in [2.75, 3.05) is 19.7 Å². The molecule has 1 aromatic rings. The topological polar surface area (TPSA) is 102 Å². The summed E-state index contributed by atoms with van der Waals surface area (Å²) in [4.78, 5) is 36.9. The number of likely N-dealkylation sites (N-methyl/N-ethyl adjacent to an activating group) is 1. The number of hydrogen-bond donors (Lipinski definition) is 2. The third-order valence-electron chi connectivity index (χ3n) is 3.51. The molecule has 7 nitrogen and oxygen atoms in total. The Morgan fingerprint density at radius 1 is 1.31 bits per heavy atom. The summed E-state index contributed by atoms with van der Waals surface area (Å²) >= 11 is 5.84. The van der Waals surface area contributed by atoms with E-state index in [4.69, 9.17) is 22.1 Å². The molecule has 0 spiro atoms. The number of hydrogen-bond acceptors (Lipinski definition) is 4. The quantitative estimate of drug-likeness (QED) is 0.506. The van der Waals surface area contributed by atoms with Crippen LogP contribution in [0.15, 0.2) is 36.4 Å². The van der Waals surface area contributed by atoms with Crippen molar-refractivity contribution in [2.24, 2.45) is 5.73 Å². The maximum atomic E-state index is 12.1. The lowest BCUT2D eigenvalue weighted by molar-refractivity contribution is -0.152. The molecule has 0 aliphatic rings. The number of halogens is 1. The van der Waals surface area contributed by atoms with Gasteiger partial charge in [0.2, 0.25) is 0 Å².